The maximum Gasteiger partial charge on any atom is 0.123 e. The predicted octanol–water partition coefficient (Wildman–Crippen LogP) is 4.00. The normalized spacial score (nSPS) is 12.4. The first-order chi connectivity index (χ1) is 8.16. The van der Waals surface area contributed by atoms with Crippen LogP contribution in [-0.4, -0.2) is 0 Å². The molecule has 0 bridgehead atoms. The van der Waals surface area contributed by atoms with Gasteiger partial charge in [0.2, 0.25) is 0 Å². The molecule has 0 spiro atoms. The first kappa shape index (κ1) is 12.1. The minimum absolute atomic E-state index is 0.170. The fourth-order valence-corrected chi connectivity index (χ4v) is 2.63. The predicted molar refractivity (Wildman–Crippen MR) is 69.6 cm³/mol. The molecule has 0 saturated heterocycles. The van der Waals surface area contributed by atoms with Crippen LogP contribution in [0.5, 0.6) is 0 Å². The van der Waals surface area contributed by atoms with Gasteiger partial charge in [-0.1, -0.05) is 30.0 Å². The molecule has 17 heavy (non-hydrogen) atoms. The van der Waals surface area contributed by atoms with Crippen LogP contribution in [0.4, 0.5) is 4.39 Å². The van der Waals surface area contributed by atoms with Crippen molar-refractivity contribution in [3.05, 3.63) is 59.9 Å². The van der Waals surface area contributed by atoms with Crippen LogP contribution >= 0.6 is 11.8 Å². The SMILES string of the molecule is C[C@H](N)c1cc(F)ccc1Sc1ccccc1. The highest BCUT2D eigenvalue weighted by Gasteiger charge is 2.09. The maximum atomic E-state index is 13.2. The zero-order valence-corrected chi connectivity index (χ0v) is 10.4. The van der Waals surface area contributed by atoms with Gasteiger partial charge in [0.1, 0.15) is 5.82 Å². The molecule has 0 saturated carbocycles. The van der Waals surface area contributed by atoms with Crippen LogP contribution in [0.15, 0.2) is 58.3 Å². The zero-order chi connectivity index (χ0) is 12.3. The molecule has 2 aromatic carbocycles. The van der Waals surface area contributed by atoms with E-state index in [0.717, 1.165) is 15.4 Å². The van der Waals surface area contributed by atoms with Crippen molar-refractivity contribution < 1.29 is 4.39 Å². The molecule has 0 aromatic heterocycles. The average Bonchev–Trinajstić information content (AvgIpc) is 2.32. The molecule has 3 heteroatoms. The Balaban J connectivity index is 2.33. The van der Waals surface area contributed by atoms with Crippen LogP contribution in [0.1, 0.15) is 18.5 Å². The number of benzene rings is 2. The van der Waals surface area contributed by atoms with Crippen LogP contribution in [0.25, 0.3) is 0 Å². The van der Waals surface area contributed by atoms with Crippen LogP contribution < -0.4 is 5.73 Å². The van der Waals surface area contributed by atoms with Gasteiger partial charge in [-0.05, 0) is 42.8 Å². The highest BCUT2D eigenvalue weighted by atomic mass is 32.2. The fourth-order valence-electron chi connectivity index (χ4n) is 1.58. The maximum absolute atomic E-state index is 13.2. The zero-order valence-electron chi connectivity index (χ0n) is 9.56. The Hall–Kier alpha value is -1.32. The number of hydrogen-bond acceptors (Lipinski definition) is 2. The lowest BCUT2D eigenvalue weighted by Crippen LogP contribution is -2.06. The van der Waals surface area contributed by atoms with Crippen LogP contribution in [0, 0.1) is 5.82 Å². The Morgan fingerprint density at radius 1 is 1.12 bits per heavy atom. The van der Waals surface area contributed by atoms with E-state index in [9.17, 15) is 4.39 Å². The number of hydrogen-bond donors (Lipinski definition) is 1. The van der Waals surface area contributed by atoms with Gasteiger partial charge in [0.05, 0.1) is 0 Å². The molecule has 2 aromatic rings. The minimum atomic E-state index is -0.241. The van der Waals surface area contributed by atoms with E-state index in [1.807, 2.05) is 37.3 Å². The Bertz CT molecular complexity index is 497. The van der Waals surface area contributed by atoms with Gasteiger partial charge in [-0.25, -0.2) is 4.39 Å². The summed E-state index contributed by atoms with van der Waals surface area (Å²) >= 11 is 1.60. The van der Waals surface area contributed by atoms with Gasteiger partial charge >= 0.3 is 0 Å². The van der Waals surface area contributed by atoms with Gasteiger partial charge in [-0.3, -0.25) is 0 Å². The lowest BCUT2D eigenvalue weighted by molar-refractivity contribution is 0.619. The van der Waals surface area contributed by atoms with Crippen LogP contribution in [-0.2, 0) is 0 Å². The lowest BCUT2D eigenvalue weighted by atomic mass is 10.1. The van der Waals surface area contributed by atoms with E-state index in [1.165, 1.54) is 12.1 Å². The highest BCUT2D eigenvalue weighted by Crippen LogP contribution is 2.32. The molecular weight excluding hydrogens is 233 g/mol. The van der Waals surface area contributed by atoms with Crippen molar-refractivity contribution in [1.29, 1.82) is 0 Å². The largest absolute Gasteiger partial charge is 0.324 e. The third kappa shape index (κ3) is 3.08. The van der Waals surface area contributed by atoms with Crippen molar-refractivity contribution in [1.82, 2.24) is 0 Å². The molecule has 0 radical (unpaired) electrons. The first-order valence-electron chi connectivity index (χ1n) is 5.45. The van der Waals surface area contributed by atoms with Crippen molar-refractivity contribution in [2.45, 2.75) is 22.8 Å². The van der Waals surface area contributed by atoms with E-state index in [-0.39, 0.29) is 11.9 Å². The van der Waals surface area contributed by atoms with E-state index in [0.29, 0.717) is 0 Å². The van der Waals surface area contributed by atoms with Crippen molar-refractivity contribution in [3.8, 4) is 0 Å². The van der Waals surface area contributed by atoms with Crippen LogP contribution in [0.3, 0.4) is 0 Å². The van der Waals surface area contributed by atoms with Crippen molar-refractivity contribution in [2.24, 2.45) is 5.73 Å². The molecule has 2 rings (SSSR count). The summed E-state index contributed by atoms with van der Waals surface area (Å²) in [6.07, 6.45) is 0. The van der Waals surface area contributed by atoms with E-state index >= 15 is 0 Å². The lowest BCUT2D eigenvalue weighted by Gasteiger charge is -2.12. The molecular formula is C14H14FNS. The summed E-state index contributed by atoms with van der Waals surface area (Å²) in [6, 6.07) is 14.6. The topological polar surface area (TPSA) is 26.0 Å². The van der Waals surface area contributed by atoms with E-state index in [2.05, 4.69) is 0 Å². The molecule has 1 nitrogen and oxygen atoms in total. The second-order valence-corrected chi connectivity index (χ2v) is 5.00. The third-order valence-electron chi connectivity index (χ3n) is 2.43. The standard InChI is InChI=1S/C14H14FNS/c1-10(16)13-9-11(15)7-8-14(13)17-12-5-3-2-4-6-12/h2-10H,16H2,1H3/t10-/m0/s1. The summed E-state index contributed by atoms with van der Waals surface area (Å²) in [5.74, 6) is -0.241. The summed E-state index contributed by atoms with van der Waals surface area (Å²) < 4.78 is 13.2. The molecule has 88 valence electrons. The Kier molecular flexibility index (Phi) is 3.82. The summed E-state index contributed by atoms with van der Waals surface area (Å²) in [6.45, 7) is 1.86. The molecule has 0 fully saturated rings. The monoisotopic (exact) mass is 247 g/mol. The average molecular weight is 247 g/mol. The third-order valence-corrected chi connectivity index (χ3v) is 3.53. The molecule has 1 atom stereocenters. The number of nitrogens with two attached hydrogens (primary N) is 1. The minimum Gasteiger partial charge on any atom is -0.324 e. The van der Waals surface area contributed by atoms with E-state index < -0.39 is 0 Å². The molecule has 0 aliphatic rings. The van der Waals surface area contributed by atoms with E-state index in [4.69, 9.17) is 5.73 Å². The molecule has 2 N–H and O–H groups in total. The van der Waals surface area contributed by atoms with Crippen molar-refractivity contribution in [2.75, 3.05) is 0 Å². The summed E-state index contributed by atoms with van der Waals surface area (Å²) in [7, 11) is 0. The summed E-state index contributed by atoms with van der Waals surface area (Å²) in [5, 5.41) is 0. The number of rotatable bonds is 3. The quantitative estimate of drug-likeness (QED) is 0.887. The second kappa shape index (κ2) is 5.34. The molecule has 0 aliphatic carbocycles. The number of halogens is 1. The van der Waals surface area contributed by atoms with Gasteiger partial charge in [0, 0.05) is 15.8 Å². The Morgan fingerprint density at radius 3 is 2.47 bits per heavy atom. The Labute approximate surface area is 105 Å². The molecule has 0 heterocycles. The molecule has 0 aliphatic heterocycles. The fraction of sp³-hybridized carbons (Fsp3) is 0.143. The van der Waals surface area contributed by atoms with Crippen molar-refractivity contribution >= 4 is 11.8 Å². The van der Waals surface area contributed by atoms with Crippen LogP contribution in [0.2, 0.25) is 0 Å². The Morgan fingerprint density at radius 2 is 1.82 bits per heavy atom. The first-order valence-corrected chi connectivity index (χ1v) is 6.26. The van der Waals surface area contributed by atoms with Gasteiger partial charge in [0.25, 0.3) is 0 Å². The summed E-state index contributed by atoms with van der Waals surface area (Å²) in [4.78, 5) is 2.13. The van der Waals surface area contributed by atoms with Gasteiger partial charge in [-0.2, -0.15) is 0 Å². The smallest absolute Gasteiger partial charge is 0.123 e. The molecule has 0 unspecified atom stereocenters. The van der Waals surface area contributed by atoms with E-state index in [1.54, 1.807) is 17.8 Å². The van der Waals surface area contributed by atoms with Gasteiger partial charge in [-0.15, -0.1) is 0 Å². The van der Waals surface area contributed by atoms with Gasteiger partial charge in [0.15, 0.2) is 0 Å². The summed E-state index contributed by atoms with van der Waals surface area (Å²) in [5.41, 5.74) is 6.70. The second-order valence-electron chi connectivity index (χ2n) is 3.89. The molecule has 0 amide bonds. The van der Waals surface area contributed by atoms with Crippen molar-refractivity contribution in [3.63, 3.8) is 0 Å². The van der Waals surface area contributed by atoms with Gasteiger partial charge < -0.3 is 5.73 Å². The highest BCUT2D eigenvalue weighted by molar-refractivity contribution is 7.99.